The molecule has 0 aliphatic heterocycles. The van der Waals surface area contributed by atoms with Gasteiger partial charge >= 0.3 is 0 Å². The molecule has 0 atom stereocenters. The highest BCUT2D eigenvalue weighted by atomic mass is 79.9. The van der Waals surface area contributed by atoms with Crippen molar-refractivity contribution in [3.05, 3.63) is 110 Å². The number of benzene rings is 3. The van der Waals surface area contributed by atoms with E-state index in [4.69, 9.17) is 4.74 Å². The molecule has 0 aliphatic rings. The molecule has 0 aliphatic carbocycles. The van der Waals surface area contributed by atoms with Crippen molar-refractivity contribution < 1.29 is 14.5 Å². The van der Waals surface area contributed by atoms with E-state index in [9.17, 15) is 20.2 Å². The molecule has 0 fully saturated rings. The van der Waals surface area contributed by atoms with Gasteiger partial charge in [0.05, 0.1) is 9.40 Å². The molecule has 30 heavy (non-hydrogen) atoms. The Morgan fingerprint density at radius 1 is 1.10 bits per heavy atom. The Balaban J connectivity index is 1.79. The molecule has 3 rings (SSSR count). The van der Waals surface area contributed by atoms with Crippen molar-refractivity contribution in [1.29, 1.82) is 5.26 Å². The van der Waals surface area contributed by atoms with E-state index in [1.54, 1.807) is 18.2 Å². The fourth-order valence-corrected chi connectivity index (χ4v) is 3.20. The Bertz CT molecular complexity index is 1170. The second-order valence-corrected chi connectivity index (χ2v) is 7.12. The lowest BCUT2D eigenvalue weighted by atomic mass is 10.0. The number of nitriles is 1. The number of hydrogen-bond donors (Lipinski definition) is 0. The number of ether oxygens (including phenoxy) is 1. The molecule has 0 spiro atoms. The standard InChI is InChI=1S/C23H15BrN2O4/c24-21-12-17(9-10-22(21)30-15-16-5-2-1-3-6-16)11-19(14-25)23(27)18-7-4-8-20(13-18)26(28)29/h1-13H,15H2/b19-11+. The third-order valence-electron chi connectivity index (χ3n) is 4.19. The predicted octanol–water partition coefficient (Wildman–Crippen LogP) is 5.73. The van der Waals surface area contributed by atoms with Crippen LogP contribution in [0, 0.1) is 21.4 Å². The maximum Gasteiger partial charge on any atom is 0.270 e. The first-order valence-corrected chi connectivity index (χ1v) is 9.64. The van der Waals surface area contributed by atoms with Crippen LogP contribution in [0.1, 0.15) is 21.5 Å². The maximum atomic E-state index is 12.6. The summed E-state index contributed by atoms with van der Waals surface area (Å²) in [6.07, 6.45) is 1.44. The van der Waals surface area contributed by atoms with Crippen LogP contribution in [0.4, 0.5) is 5.69 Å². The van der Waals surface area contributed by atoms with Gasteiger partial charge in [0.1, 0.15) is 24.0 Å². The topological polar surface area (TPSA) is 93.2 Å². The molecule has 148 valence electrons. The lowest BCUT2D eigenvalue weighted by Crippen LogP contribution is -2.03. The molecule has 0 bridgehead atoms. The first-order valence-electron chi connectivity index (χ1n) is 8.85. The molecular formula is C23H15BrN2O4. The van der Waals surface area contributed by atoms with E-state index in [0.29, 0.717) is 22.4 Å². The highest BCUT2D eigenvalue weighted by Crippen LogP contribution is 2.28. The van der Waals surface area contributed by atoms with Gasteiger partial charge in [-0.3, -0.25) is 14.9 Å². The maximum absolute atomic E-state index is 12.6. The van der Waals surface area contributed by atoms with E-state index >= 15 is 0 Å². The van der Waals surface area contributed by atoms with Gasteiger partial charge in [0.15, 0.2) is 0 Å². The third kappa shape index (κ3) is 5.19. The third-order valence-corrected chi connectivity index (χ3v) is 4.81. The van der Waals surface area contributed by atoms with Crippen molar-refractivity contribution in [3.63, 3.8) is 0 Å². The highest BCUT2D eigenvalue weighted by molar-refractivity contribution is 9.10. The molecule has 7 heteroatoms. The average Bonchev–Trinajstić information content (AvgIpc) is 2.77. The Morgan fingerprint density at radius 2 is 1.87 bits per heavy atom. The van der Waals surface area contributed by atoms with E-state index in [0.717, 1.165) is 11.6 Å². The number of carbonyl (C=O) groups is 1. The summed E-state index contributed by atoms with van der Waals surface area (Å²) in [6.45, 7) is 0.406. The van der Waals surface area contributed by atoms with Gasteiger partial charge in [-0.1, -0.05) is 48.5 Å². The van der Waals surface area contributed by atoms with Gasteiger partial charge in [0.25, 0.3) is 5.69 Å². The van der Waals surface area contributed by atoms with Gasteiger partial charge in [-0.2, -0.15) is 5.26 Å². The molecule has 0 N–H and O–H groups in total. The van der Waals surface area contributed by atoms with Crippen LogP contribution in [0.3, 0.4) is 0 Å². The minimum Gasteiger partial charge on any atom is -0.488 e. The normalized spacial score (nSPS) is 10.9. The van der Waals surface area contributed by atoms with E-state index in [-0.39, 0.29) is 16.8 Å². The summed E-state index contributed by atoms with van der Waals surface area (Å²) in [7, 11) is 0. The smallest absolute Gasteiger partial charge is 0.270 e. The van der Waals surface area contributed by atoms with E-state index in [2.05, 4.69) is 15.9 Å². The summed E-state index contributed by atoms with van der Waals surface area (Å²) < 4.78 is 6.47. The molecule has 0 aromatic heterocycles. The highest BCUT2D eigenvalue weighted by Gasteiger charge is 2.16. The number of hydrogen-bond acceptors (Lipinski definition) is 5. The number of nitro groups is 1. The van der Waals surface area contributed by atoms with Gasteiger partial charge in [-0.15, -0.1) is 0 Å². The van der Waals surface area contributed by atoms with Gasteiger partial charge in [-0.05, 0) is 45.3 Å². The zero-order valence-electron chi connectivity index (χ0n) is 15.6. The van der Waals surface area contributed by atoms with Gasteiger partial charge in [0, 0.05) is 17.7 Å². The Kier molecular flexibility index (Phi) is 6.73. The Labute approximate surface area is 181 Å². The summed E-state index contributed by atoms with van der Waals surface area (Å²) in [5, 5.41) is 20.3. The number of ketones is 1. The van der Waals surface area contributed by atoms with Crippen LogP contribution in [0.5, 0.6) is 5.75 Å². The first-order chi connectivity index (χ1) is 14.5. The van der Waals surface area contributed by atoms with Crippen LogP contribution in [0.2, 0.25) is 0 Å². The second kappa shape index (κ2) is 9.63. The zero-order chi connectivity index (χ0) is 21.5. The van der Waals surface area contributed by atoms with Crippen LogP contribution in [0.25, 0.3) is 6.08 Å². The number of allylic oxidation sites excluding steroid dienone is 1. The van der Waals surface area contributed by atoms with E-state index in [1.807, 2.05) is 36.4 Å². The number of nitro benzene ring substituents is 1. The molecule has 0 amide bonds. The lowest BCUT2D eigenvalue weighted by molar-refractivity contribution is -0.384. The number of non-ortho nitro benzene ring substituents is 1. The number of halogens is 1. The van der Waals surface area contributed by atoms with Gasteiger partial charge in [0.2, 0.25) is 5.78 Å². The molecule has 0 saturated heterocycles. The molecular weight excluding hydrogens is 448 g/mol. The molecule has 0 unspecified atom stereocenters. The predicted molar refractivity (Wildman–Crippen MR) is 116 cm³/mol. The number of nitrogens with zero attached hydrogens (tertiary/aromatic N) is 2. The van der Waals surface area contributed by atoms with Crippen LogP contribution in [-0.2, 0) is 6.61 Å². The summed E-state index contributed by atoms with van der Waals surface area (Å²) >= 11 is 3.44. The van der Waals surface area contributed by atoms with E-state index < -0.39 is 10.7 Å². The molecule has 0 radical (unpaired) electrons. The summed E-state index contributed by atoms with van der Waals surface area (Å²) in [5.41, 5.74) is 1.40. The molecule has 3 aromatic carbocycles. The van der Waals surface area contributed by atoms with Crippen molar-refractivity contribution in [2.24, 2.45) is 0 Å². The first kappa shape index (κ1) is 21.0. The fraction of sp³-hybridized carbons (Fsp3) is 0.0435. The fourth-order valence-electron chi connectivity index (χ4n) is 2.69. The molecule has 0 heterocycles. The largest absolute Gasteiger partial charge is 0.488 e. The van der Waals surface area contributed by atoms with E-state index in [1.165, 1.54) is 24.3 Å². The average molecular weight is 463 g/mol. The van der Waals surface area contributed by atoms with Crippen LogP contribution >= 0.6 is 15.9 Å². The second-order valence-electron chi connectivity index (χ2n) is 6.27. The minimum absolute atomic E-state index is 0.0823. The summed E-state index contributed by atoms with van der Waals surface area (Å²) in [6, 6.07) is 22.1. The molecule has 0 saturated carbocycles. The van der Waals surface area contributed by atoms with Gasteiger partial charge in [-0.25, -0.2) is 0 Å². The monoisotopic (exact) mass is 462 g/mol. The minimum atomic E-state index is -0.585. The van der Waals surface area contributed by atoms with Crippen molar-refractivity contribution >= 4 is 33.5 Å². The van der Waals surface area contributed by atoms with Gasteiger partial charge < -0.3 is 4.74 Å². The van der Waals surface area contributed by atoms with Crippen LogP contribution < -0.4 is 4.74 Å². The summed E-state index contributed by atoms with van der Waals surface area (Å²) in [5.74, 6) is 0.0428. The van der Waals surface area contributed by atoms with Crippen LogP contribution in [0.15, 0.2) is 82.8 Å². The van der Waals surface area contributed by atoms with Crippen LogP contribution in [-0.4, -0.2) is 10.7 Å². The Hall–Kier alpha value is -3.76. The number of Topliss-reactive ketones (excluding diaryl/α,β-unsaturated/α-hetero) is 1. The lowest BCUT2D eigenvalue weighted by Gasteiger charge is -2.09. The van der Waals surface area contributed by atoms with Crippen molar-refractivity contribution in [2.45, 2.75) is 6.61 Å². The van der Waals surface area contributed by atoms with Crippen molar-refractivity contribution in [2.75, 3.05) is 0 Å². The molecule has 3 aromatic rings. The SMILES string of the molecule is N#C/C(=C\c1ccc(OCc2ccccc2)c(Br)c1)C(=O)c1cccc([N+](=O)[O-])c1. The quantitative estimate of drug-likeness (QED) is 0.147. The molecule has 6 nitrogen and oxygen atoms in total. The van der Waals surface area contributed by atoms with Crippen molar-refractivity contribution in [1.82, 2.24) is 0 Å². The Morgan fingerprint density at radius 3 is 2.53 bits per heavy atom. The summed E-state index contributed by atoms with van der Waals surface area (Å²) in [4.78, 5) is 22.9. The van der Waals surface area contributed by atoms with Crippen molar-refractivity contribution in [3.8, 4) is 11.8 Å². The zero-order valence-corrected chi connectivity index (χ0v) is 17.2. The number of carbonyl (C=O) groups excluding carboxylic acids is 1. The number of rotatable bonds is 7.